The van der Waals surface area contributed by atoms with E-state index in [4.69, 9.17) is 4.74 Å². The Balaban J connectivity index is 2.05. The molecule has 140 valence electrons. The maximum absolute atomic E-state index is 12.9. The van der Waals surface area contributed by atoms with Crippen LogP contribution in [0.1, 0.15) is 37.9 Å². The third kappa shape index (κ3) is 5.33. The Morgan fingerprint density at radius 2 is 1.77 bits per heavy atom. The normalized spacial score (nSPS) is 12.0. The van der Waals surface area contributed by atoms with E-state index in [-0.39, 0.29) is 11.9 Å². The second kappa shape index (κ2) is 9.97. The molecule has 2 rings (SSSR count). The SMILES string of the molecule is CCN(Cc1ccccc1)C(=O)CN(CC)C(C)c1cccc(OC)c1. The minimum absolute atomic E-state index is 0.148. The zero-order chi connectivity index (χ0) is 18.9. The molecule has 0 aliphatic carbocycles. The quantitative estimate of drug-likeness (QED) is 0.679. The minimum Gasteiger partial charge on any atom is -0.497 e. The monoisotopic (exact) mass is 354 g/mol. The Hall–Kier alpha value is -2.33. The van der Waals surface area contributed by atoms with E-state index < -0.39 is 0 Å². The van der Waals surface area contributed by atoms with E-state index in [1.165, 1.54) is 0 Å². The molecule has 1 atom stereocenters. The van der Waals surface area contributed by atoms with Crippen LogP contribution in [-0.4, -0.2) is 42.5 Å². The molecule has 0 spiro atoms. The summed E-state index contributed by atoms with van der Waals surface area (Å²) in [5, 5.41) is 0. The Morgan fingerprint density at radius 3 is 2.38 bits per heavy atom. The van der Waals surface area contributed by atoms with Crippen molar-refractivity contribution in [3.05, 3.63) is 65.7 Å². The number of carbonyl (C=O) groups is 1. The Labute approximate surface area is 157 Å². The third-order valence-corrected chi connectivity index (χ3v) is 4.82. The van der Waals surface area contributed by atoms with E-state index in [0.717, 1.165) is 23.4 Å². The van der Waals surface area contributed by atoms with Crippen molar-refractivity contribution in [2.75, 3.05) is 26.7 Å². The van der Waals surface area contributed by atoms with Crippen LogP contribution in [0, 0.1) is 0 Å². The number of hydrogen-bond acceptors (Lipinski definition) is 3. The van der Waals surface area contributed by atoms with Gasteiger partial charge in [0.05, 0.1) is 13.7 Å². The van der Waals surface area contributed by atoms with Crippen molar-refractivity contribution < 1.29 is 9.53 Å². The van der Waals surface area contributed by atoms with Gasteiger partial charge in [0.1, 0.15) is 5.75 Å². The van der Waals surface area contributed by atoms with Gasteiger partial charge in [-0.2, -0.15) is 0 Å². The summed E-state index contributed by atoms with van der Waals surface area (Å²) in [5.41, 5.74) is 2.32. The zero-order valence-corrected chi connectivity index (χ0v) is 16.3. The smallest absolute Gasteiger partial charge is 0.237 e. The van der Waals surface area contributed by atoms with Crippen molar-refractivity contribution in [3.8, 4) is 5.75 Å². The lowest BCUT2D eigenvalue weighted by Crippen LogP contribution is -2.41. The van der Waals surface area contributed by atoms with E-state index >= 15 is 0 Å². The highest BCUT2D eigenvalue weighted by Crippen LogP contribution is 2.24. The van der Waals surface area contributed by atoms with Crippen molar-refractivity contribution in [3.63, 3.8) is 0 Å². The highest BCUT2D eigenvalue weighted by Gasteiger charge is 2.21. The molecule has 0 bridgehead atoms. The summed E-state index contributed by atoms with van der Waals surface area (Å²) < 4.78 is 5.33. The van der Waals surface area contributed by atoms with E-state index in [2.05, 4.69) is 36.9 Å². The summed E-state index contributed by atoms with van der Waals surface area (Å²) in [6, 6.07) is 18.4. The summed E-state index contributed by atoms with van der Waals surface area (Å²) in [5.74, 6) is 1.00. The molecule has 0 aliphatic rings. The van der Waals surface area contributed by atoms with E-state index in [0.29, 0.717) is 19.6 Å². The number of rotatable bonds is 9. The summed E-state index contributed by atoms with van der Waals surface area (Å²) in [6.07, 6.45) is 0. The second-order valence-electron chi connectivity index (χ2n) is 6.41. The molecule has 2 aromatic carbocycles. The van der Waals surface area contributed by atoms with Crippen LogP contribution in [0.5, 0.6) is 5.75 Å². The first-order chi connectivity index (χ1) is 12.6. The van der Waals surface area contributed by atoms with Crippen LogP contribution in [0.4, 0.5) is 0 Å². The van der Waals surface area contributed by atoms with Gasteiger partial charge < -0.3 is 9.64 Å². The molecule has 1 amide bonds. The zero-order valence-electron chi connectivity index (χ0n) is 16.3. The molecule has 0 saturated carbocycles. The fourth-order valence-electron chi connectivity index (χ4n) is 3.09. The molecule has 0 N–H and O–H groups in total. The maximum Gasteiger partial charge on any atom is 0.237 e. The molecule has 0 aliphatic heterocycles. The number of benzene rings is 2. The molecule has 4 heteroatoms. The van der Waals surface area contributed by atoms with Gasteiger partial charge in [0.25, 0.3) is 0 Å². The first-order valence-corrected chi connectivity index (χ1v) is 9.28. The number of hydrogen-bond donors (Lipinski definition) is 0. The van der Waals surface area contributed by atoms with E-state index in [1.54, 1.807) is 7.11 Å². The van der Waals surface area contributed by atoms with Crippen LogP contribution >= 0.6 is 0 Å². The molecular weight excluding hydrogens is 324 g/mol. The molecule has 0 heterocycles. The van der Waals surface area contributed by atoms with Gasteiger partial charge in [0, 0.05) is 19.1 Å². The van der Waals surface area contributed by atoms with Gasteiger partial charge >= 0.3 is 0 Å². The van der Waals surface area contributed by atoms with E-state index in [1.807, 2.05) is 48.2 Å². The average molecular weight is 354 g/mol. The Bertz CT molecular complexity index is 688. The molecule has 0 fully saturated rings. The minimum atomic E-state index is 0.148. The predicted octanol–water partition coefficient (Wildman–Crippen LogP) is 4.13. The summed E-state index contributed by atoms with van der Waals surface area (Å²) in [7, 11) is 1.67. The highest BCUT2D eigenvalue weighted by molar-refractivity contribution is 5.78. The standard InChI is InChI=1S/C22H30N2O2/c1-5-23(18(3)20-13-10-14-21(15-20)26-4)17-22(25)24(6-2)16-19-11-8-7-9-12-19/h7-15,18H,5-6,16-17H2,1-4H3. The first-order valence-electron chi connectivity index (χ1n) is 9.28. The number of ether oxygens (including phenoxy) is 1. The van der Waals surface area contributed by atoms with Crippen molar-refractivity contribution >= 4 is 5.91 Å². The van der Waals surface area contributed by atoms with Crippen LogP contribution in [0.3, 0.4) is 0 Å². The lowest BCUT2D eigenvalue weighted by molar-refractivity contribution is -0.133. The van der Waals surface area contributed by atoms with Gasteiger partial charge in [-0.3, -0.25) is 9.69 Å². The number of likely N-dealkylation sites (N-methyl/N-ethyl adjacent to an activating group) is 2. The molecule has 0 radical (unpaired) electrons. The molecular formula is C22H30N2O2. The molecule has 1 unspecified atom stereocenters. The molecule has 4 nitrogen and oxygen atoms in total. The van der Waals surface area contributed by atoms with E-state index in [9.17, 15) is 4.79 Å². The lowest BCUT2D eigenvalue weighted by atomic mass is 10.1. The van der Waals surface area contributed by atoms with Gasteiger partial charge in [-0.1, -0.05) is 49.4 Å². The fourth-order valence-corrected chi connectivity index (χ4v) is 3.09. The van der Waals surface area contributed by atoms with Crippen molar-refractivity contribution in [1.82, 2.24) is 9.80 Å². The van der Waals surface area contributed by atoms with Gasteiger partial charge in [0.15, 0.2) is 0 Å². The summed E-state index contributed by atoms with van der Waals surface area (Å²) in [4.78, 5) is 17.0. The van der Waals surface area contributed by atoms with Gasteiger partial charge in [0.2, 0.25) is 5.91 Å². The Morgan fingerprint density at radius 1 is 1.04 bits per heavy atom. The van der Waals surface area contributed by atoms with Crippen molar-refractivity contribution in [2.24, 2.45) is 0 Å². The number of nitrogens with zero attached hydrogens (tertiary/aromatic N) is 2. The molecule has 26 heavy (non-hydrogen) atoms. The molecule has 0 aromatic heterocycles. The lowest BCUT2D eigenvalue weighted by Gasteiger charge is -2.30. The number of carbonyl (C=O) groups excluding carboxylic acids is 1. The summed E-state index contributed by atoms with van der Waals surface area (Å²) in [6.45, 7) is 8.85. The van der Waals surface area contributed by atoms with Crippen LogP contribution in [-0.2, 0) is 11.3 Å². The van der Waals surface area contributed by atoms with Gasteiger partial charge in [-0.05, 0) is 43.7 Å². The van der Waals surface area contributed by atoms with Crippen LogP contribution in [0.2, 0.25) is 0 Å². The topological polar surface area (TPSA) is 32.8 Å². The highest BCUT2D eigenvalue weighted by atomic mass is 16.5. The fraction of sp³-hybridized carbons (Fsp3) is 0.409. The largest absolute Gasteiger partial charge is 0.497 e. The number of amides is 1. The van der Waals surface area contributed by atoms with Crippen molar-refractivity contribution in [1.29, 1.82) is 0 Å². The van der Waals surface area contributed by atoms with Crippen LogP contribution < -0.4 is 4.74 Å². The van der Waals surface area contributed by atoms with Crippen LogP contribution in [0.15, 0.2) is 54.6 Å². The van der Waals surface area contributed by atoms with Gasteiger partial charge in [-0.25, -0.2) is 0 Å². The second-order valence-corrected chi connectivity index (χ2v) is 6.41. The average Bonchev–Trinajstić information content (AvgIpc) is 2.70. The van der Waals surface area contributed by atoms with Crippen molar-refractivity contribution in [2.45, 2.75) is 33.4 Å². The summed E-state index contributed by atoms with van der Waals surface area (Å²) >= 11 is 0. The molecule has 2 aromatic rings. The molecule has 0 saturated heterocycles. The third-order valence-electron chi connectivity index (χ3n) is 4.82. The number of methoxy groups -OCH3 is 1. The first kappa shape index (κ1) is 20.0. The van der Waals surface area contributed by atoms with Crippen LogP contribution in [0.25, 0.3) is 0 Å². The Kier molecular flexibility index (Phi) is 7.67. The van der Waals surface area contributed by atoms with Gasteiger partial charge in [-0.15, -0.1) is 0 Å². The maximum atomic E-state index is 12.9. The predicted molar refractivity (Wildman–Crippen MR) is 106 cm³/mol.